The number of anilines is 1. The van der Waals surface area contributed by atoms with E-state index < -0.39 is 0 Å². The summed E-state index contributed by atoms with van der Waals surface area (Å²) < 4.78 is 27.1. The molecule has 0 aliphatic carbocycles. The summed E-state index contributed by atoms with van der Waals surface area (Å²) in [5.74, 6) is 2.22. The smallest absolute Gasteiger partial charge is 0.231 e. The lowest BCUT2D eigenvalue weighted by Gasteiger charge is -2.44. The number of amidine groups is 1. The SMILES string of the molecule is Cc1cn(-c2ccc(/C=C3\CCCN4C3=NCCN4c3ccc(F)cc3)c3c2OCO3)cn1. The normalized spacial score (nSPS) is 18.5. The first-order chi connectivity index (χ1) is 16.2. The molecule has 0 N–H and O–H groups in total. The van der Waals surface area contributed by atoms with Gasteiger partial charge in [-0.1, -0.05) is 0 Å². The third-order valence-electron chi connectivity index (χ3n) is 6.19. The number of ether oxygens (including phenoxy) is 2. The van der Waals surface area contributed by atoms with E-state index in [-0.39, 0.29) is 12.6 Å². The van der Waals surface area contributed by atoms with Crippen LogP contribution in [0.5, 0.6) is 11.5 Å². The average Bonchev–Trinajstić information content (AvgIpc) is 3.49. The number of nitrogens with zero attached hydrogens (tertiary/aromatic N) is 5. The first-order valence-corrected chi connectivity index (χ1v) is 11.2. The number of hydrogen-bond donors (Lipinski definition) is 0. The van der Waals surface area contributed by atoms with Crippen molar-refractivity contribution in [1.29, 1.82) is 0 Å². The molecule has 1 saturated heterocycles. The molecule has 33 heavy (non-hydrogen) atoms. The highest BCUT2D eigenvalue weighted by Crippen LogP contribution is 2.42. The zero-order valence-electron chi connectivity index (χ0n) is 18.4. The molecule has 0 amide bonds. The standard InChI is InChI=1S/C25H24FN5O2/c1-17-14-29(15-28-17)22-9-4-18(23-24(22)33-16-32-23)13-19-3-2-11-31-25(19)27-10-12-30(31)21-7-5-20(26)6-8-21/h4-9,13-15H,2-3,10-12,16H2,1H3/b19-13+. The highest BCUT2D eigenvalue weighted by molar-refractivity contribution is 6.04. The van der Waals surface area contributed by atoms with Gasteiger partial charge in [0.15, 0.2) is 11.5 Å². The number of fused-ring (bicyclic) bond motifs is 2. The van der Waals surface area contributed by atoms with Crippen LogP contribution in [-0.2, 0) is 0 Å². The maximum absolute atomic E-state index is 13.4. The fourth-order valence-corrected chi connectivity index (χ4v) is 4.67. The van der Waals surface area contributed by atoms with Crippen molar-refractivity contribution < 1.29 is 13.9 Å². The molecule has 7 nitrogen and oxygen atoms in total. The molecule has 3 aliphatic heterocycles. The van der Waals surface area contributed by atoms with Crippen molar-refractivity contribution >= 4 is 17.6 Å². The summed E-state index contributed by atoms with van der Waals surface area (Å²) in [6.45, 7) is 4.50. The average molecular weight is 445 g/mol. The van der Waals surface area contributed by atoms with Crippen molar-refractivity contribution in [1.82, 2.24) is 14.6 Å². The van der Waals surface area contributed by atoms with Crippen LogP contribution < -0.4 is 14.5 Å². The molecule has 0 radical (unpaired) electrons. The van der Waals surface area contributed by atoms with Gasteiger partial charge >= 0.3 is 0 Å². The van der Waals surface area contributed by atoms with Crippen LogP contribution in [0.2, 0.25) is 0 Å². The van der Waals surface area contributed by atoms with E-state index in [0.717, 1.165) is 71.5 Å². The molecule has 0 bridgehead atoms. The number of piperidine rings is 1. The van der Waals surface area contributed by atoms with Crippen LogP contribution in [0.4, 0.5) is 10.1 Å². The van der Waals surface area contributed by atoms with Gasteiger partial charge in [0.05, 0.1) is 36.5 Å². The zero-order valence-corrected chi connectivity index (χ0v) is 18.4. The number of aryl methyl sites for hydroxylation is 1. The molecular weight excluding hydrogens is 421 g/mol. The van der Waals surface area contributed by atoms with Gasteiger partial charge in [0.25, 0.3) is 0 Å². The molecule has 8 heteroatoms. The molecule has 3 aliphatic rings. The fourth-order valence-electron chi connectivity index (χ4n) is 4.67. The van der Waals surface area contributed by atoms with Crippen LogP contribution >= 0.6 is 0 Å². The molecule has 3 aromatic rings. The number of imidazole rings is 1. The Morgan fingerprint density at radius 3 is 2.67 bits per heavy atom. The number of halogens is 1. The second-order valence-electron chi connectivity index (χ2n) is 8.36. The predicted octanol–water partition coefficient (Wildman–Crippen LogP) is 4.36. The van der Waals surface area contributed by atoms with Gasteiger partial charge in [0, 0.05) is 18.3 Å². The van der Waals surface area contributed by atoms with Gasteiger partial charge in [-0.25, -0.2) is 9.37 Å². The topological polar surface area (TPSA) is 55.1 Å². The summed E-state index contributed by atoms with van der Waals surface area (Å²) in [7, 11) is 0. The van der Waals surface area contributed by atoms with Crippen molar-refractivity contribution in [3.8, 4) is 17.2 Å². The lowest BCUT2D eigenvalue weighted by atomic mass is 9.99. The van der Waals surface area contributed by atoms with E-state index in [1.807, 2.05) is 35.9 Å². The van der Waals surface area contributed by atoms with Gasteiger partial charge in [0.1, 0.15) is 11.7 Å². The second kappa shape index (κ2) is 7.95. The number of aromatic nitrogens is 2. The number of benzene rings is 2. The van der Waals surface area contributed by atoms with Gasteiger partial charge in [-0.15, -0.1) is 0 Å². The molecule has 168 valence electrons. The van der Waals surface area contributed by atoms with Gasteiger partial charge in [-0.3, -0.25) is 15.0 Å². The van der Waals surface area contributed by atoms with Gasteiger partial charge < -0.3 is 14.0 Å². The van der Waals surface area contributed by atoms with Crippen LogP contribution in [0, 0.1) is 12.7 Å². The summed E-state index contributed by atoms with van der Waals surface area (Å²) in [5, 5.41) is 4.41. The molecular formula is C25H24FN5O2. The summed E-state index contributed by atoms with van der Waals surface area (Å²) in [6, 6.07) is 10.8. The third kappa shape index (κ3) is 3.51. The van der Waals surface area contributed by atoms with Crippen LogP contribution in [-0.4, -0.2) is 46.8 Å². The molecule has 0 saturated carbocycles. The van der Waals surface area contributed by atoms with E-state index >= 15 is 0 Å². The van der Waals surface area contributed by atoms with E-state index in [0.29, 0.717) is 6.54 Å². The van der Waals surface area contributed by atoms with Gasteiger partial charge in [-0.05, 0) is 67.8 Å². The number of aliphatic imine (C=N–C) groups is 1. The van der Waals surface area contributed by atoms with Crippen LogP contribution in [0.1, 0.15) is 24.1 Å². The quantitative estimate of drug-likeness (QED) is 0.600. The molecule has 4 heterocycles. The second-order valence-corrected chi connectivity index (χ2v) is 8.36. The molecule has 1 aromatic heterocycles. The molecule has 0 atom stereocenters. The van der Waals surface area contributed by atoms with Gasteiger partial charge in [-0.2, -0.15) is 0 Å². The Hall–Kier alpha value is -3.81. The van der Waals surface area contributed by atoms with Crippen LogP contribution in [0.25, 0.3) is 11.8 Å². The Bertz CT molecular complexity index is 1260. The first kappa shape index (κ1) is 19.8. The first-order valence-electron chi connectivity index (χ1n) is 11.2. The van der Waals surface area contributed by atoms with E-state index in [1.54, 1.807) is 6.33 Å². The number of rotatable bonds is 3. The molecule has 2 aromatic carbocycles. The monoisotopic (exact) mass is 445 g/mol. The van der Waals surface area contributed by atoms with Crippen molar-refractivity contribution in [2.45, 2.75) is 19.8 Å². The van der Waals surface area contributed by atoms with Crippen molar-refractivity contribution in [2.75, 3.05) is 31.4 Å². The minimum Gasteiger partial charge on any atom is -0.453 e. The lowest BCUT2D eigenvalue weighted by molar-refractivity contribution is 0.173. The zero-order chi connectivity index (χ0) is 22.4. The Labute approximate surface area is 191 Å². The van der Waals surface area contributed by atoms with Crippen molar-refractivity contribution in [3.05, 3.63) is 71.6 Å². The largest absolute Gasteiger partial charge is 0.453 e. The fraction of sp³-hybridized carbons (Fsp3) is 0.280. The Morgan fingerprint density at radius 1 is 1.00 bits per heavy atom. The molecule has 6 rings (SSSR count). The highest BCUT2D eigenvalue weighted by atomic mass is 19.1. The molecule has 0 unspecified atom stereocenters. The number of hydrazine groups is 1. The predicted molar refractivity (Wildman–Crippen MR) is 124 cm³/mol. The van der Waals surface area contributed by atoms with E-state index in [1.165, 1.54) is 12.1 Å². The minimum atomic E-state index is -0.228. The van der Waals surface area contributed by atoms with Crippen molar-refractivity contribution in [2.24, 2.45) is 4.99 Å². The molecule has 1 fully saturated rings. The van der Waals surface area contributed by atoms with E-state index in [2.05, 4.69) is 27.1 Å². The molecule has 0 spiro atoms. The van der Waals surface area contributed by atoms with Crippen LogP contribution in [0.15, 0.2) is 59.5 Å². The summed E-state index contributed by atoms with van der Waals surface area (Å²) in [6.07, 6.45) is 7.86. The Kier molecular flexibility index (Phi) is 4.78. The van der Waals surface area contributed by atoms with Crippen LogP contribution in [0.3, 0.4) is 0 Å². The highest BCUT2D eigenvalue weighted by Gasteiger charge is 2.30. The summed E-state index contributed by atoms with van der Waals surface area (Å²) >= 11 is 0. The minimum absolute atomic E-state index is 0.196. The lowest BCUT2D eigenvalue weighted by Crippen LogP contribution is -2.53. The summed E-state index contributed by atoms with van der Waals surface area (Å²) in [4.78, 5) is 9.18. The Balaban J connectivity index is 1.35. The number of hydrogen-bond acceptors (Lipinski definition) is 6. The van der Waals surface area contributed by atoms with Crippen molar-refractivity contribution in [3.63, 3.8) is 0 Å². The van der Waals surface area contributed by atoms with E-state index in [4.69, 9.17) is 14.5 Å². The summed E-state index contributed by atoms with van der Waals surface area (Å²) in [5.41, 5.74) is 4.96. The maximum atomic E-state index is 13.4. The Morgan fingerprint density at radius 2 is 1.85 bits per heavy atom. The maximum Gasteiger partial charge on any atom is 0.231 e. The van der Waals surface area contributed by atoms with E-state index in [9.17, 15) is 4.39 Å². The third-order valence-corrected chi connectivity index (χ3v) is 6.19. The van der Waals surface area contributed by atoms with Gasteiger partial charge in [0.2, 0.25) is 6.79 Å².